The Kier molecular flexibility index (Phi) is 2.98. The third-order valence-electron chi connectivity index (χ3n) is 3.79. The summed E-state index contributed by atoms with van der Waals surface area (Å²) >= 11 is 0. The highest BCUT2D eigenvalue weighted by molar-refractivity contribution is 5.79. The molecule has 1 amide bonds. The number of nitrogens with zero attached hydrogens (tertiary/aromatic N) is 1. The van der Waals surface area contributed by atoms with Gasteiger partial charge in [-0.1, -0.05) is 12.1 Å². The molecule has 0 aliphatic heterocycles. The maximum atomic E-state index is 12.3. The number of hydrogen-bond donors (Lipinski definition) is 1. The molecule has 0 spiro atoms. The Morgan fingerprint density at radius 1 is 1.17 bits per heavy atom. The molecule has 0 atom stereocenters. The fraction of sp³-hybridized carbons (Fsp3) is 0.533. The van der Waals surface area contributed by atoms with E-state index in [9.17, 15) is 4.79 Å². The van der Waals surface area contributed by atoms with E-state index in [2.05, 4.69) is 4.90 Å². The molecule has 3 heteroatoms. The van der Waals surface area contributed by atoms with Crippen LogP contribution in [0.25, 0.3) is 0 Å². The van der Waals surface area contributed by atoms with E-state index in [1.54, 1.807) is 0 Å². The van der Waals surface area contributed by atoms with Crippen molar-refractivity contribution >= 4 is 11.6 Å². The number of nitrogens with two attached hydrogens (primary N) is 1. The minimum absolute atomic E-state index is 0.286. The molecule has 0 unspecified atom stereocenters. The van der Waals surface area contributed by atoms with E-state index in [0.717, 1.165) is 23.7 Å². The van der Waals surface area contributed by atoms with Gasteiger partial charge in [0.1, 0.15) is 0 Å². The van der Waals surface area contributed by atoms with Crippen molar-refractivity contribution in [2.24, 2.45) is 5.92 Å². The van der Waals surface area contributed by atoms with Gasteiger partial charge in [-0.05, 0) is 49.3 Å². The van der Waals surface area contributed by atoms with Crippen molar-refractivity contribution in [2.45, 2.75) is 38.1 Å². The van der Waals surface area contributed by atoms with Gasteiger partial charge in [-0.25, -0.2) is 0 Å². The summed E-state index contributed by atoms with van der Waals surface area (Å²) in [4.78, 5) is 14.5. The Hall–Kier alpha value is -1.51. The van der Waals surface area contributed by atoms with E-state index in [-0.39, 0.29) is 5.91 Å². The Bertz CT molecular complexity index is 432. The number of nitrogen functional groups attached to an aromatic ring is 1. The van der Waals surface area contributed by atoms with Gasteiger partial charge >= 0.3 is 0 Å². The van der Waals surface area contributed by atoms with E-state index in [0.29, 0.717) is 12.5 Å². The van der Waals surface area contributed by atoms with E-state index >= 15 is 0 Å². The lowest BCUT2D eigenvalue weighted by molar-refractivity contribution is -0.131. The highest BCUT2D eigenvalue weighted by Gasteiger charge is 2.36. The normalized spacial score (nSPS) is 18.7. The number of amides is 1. The van der Waals surface area contributed by atoms with Gasteiger partial charge < -0.3 is 10.6 Å². The maximum absolute atomic E-state index is 12.3. The fourth-order valence-corrected chi connectivity index (χ4v) is 2.33. The summed E-state index contributed by atoms with van der Waals surface area (Å²) in [6.07, 6.45) is 5.51. The van der Waals surface area contributed by atoms with Gasteiger partial charge in [0, 0.05) is 18.3 Å². The second-order valence-electron chi connectivity index (χ2n) is 5.64. The molecular weight excluding hydrogens is 224 g/mol. The molecule has 0 radical (unpaired) electrons. The molecule has 18 heavy (non-hydrogen) atoms. The average Bonchev–Trinajstić information content (AvgIpc) is 3.23. The smallest absolute Gasteiger partial charge is 0.227 e. The SMILES string of the molecule is Nc1ccc(CC(=O)N(CC2CC2)C2CC2)cc1. The highest BCUT2D eigenvalue weighted by Crippen LogP contribution is 2.35. The Balaban J connectivity index is 1.62. The number of carbonyl (C=O) groups is 1. The van der Waals surface area contributed by atoms with Crippen LogP contribution >= 0.6 is 0 Å². The molecule has 1 aromatic rings. The number of rotatable bonds is 5. The molecule has 2 aliphatic carbocycles. The van der Waals surface area contributed by atoms with Crippen LogP contribution in [0.15, 0.2) is 24.3 Å². The van der Waals surface area contributed by atoms with Crippen LogP contribution < -0.4 is 5.73 Å². The summed E-state index contributed by atoms with van der Waals surface area (Å²) in [5.41, 5.74) is 7.47. The summed E-state index contributed by atoms with van der Waals surface area (Å²) in [6, 6.07) is 8.17. The van der Waals surface area contributed by atoms with Crippen LogP contribution in [-0.4, -0.2) is 23.4 Å². The summed E-state index contributed by atoms with van der Waals surface area (Å²) in [5, 5.41) is 0. The number of carbonyl (C=O) groups excluding carboxylic acids is 1. The van der Waals surface area contributed by atoms with Crippen molar-refractivity contribution in [2.75, 3.05) is 12.3 Å². The number of hydrogen-bond acceptors (Lipinski definition) is 2. The zero-order valence-electron chi connectivity index (χ0n) is 10.6. The third-order valence-corrected chi connectivity index (χ3v) is 3.79. The van der Waals surface area contributed by atoms with Crippen molar-refractivity contribution in [3.05, 3.63) is 29.8 Å². The van der Waals surface area contributed by atoms with Gasteiger partial charge in [0.25, 0.3) is 0 Å². The standard InChI is InChI=1S/C15H20N2O/c16-13-5-3-11(4-6-13)9-15(18)17(14-7-8-14)10-12-1-2-12/h3-6,12,14H,1-2,7-10,16H2. The molecule has 2 N–H and O–H groups in total. The molecular formula is C15H20N2O. The van der Waals surface area contributed by atoms with Crippen LogP contribution in [0.3, 0.4) is 0 Å². The molecule has 0 bridgehead atoms. The highest BCUT2D eigenvalue weighted by atomic mass is 16.2. The minimum Gasteiger partial charge on any atom is -0.399 e. The number of anilines is 1. The van der Waals surface area contributed by atoms with Crippen molar-refractivity contribution in [1.29, 1.82) is 0 Å². The van der Waals surface area contributed by atoms with Crippen molar-refractivity contribution in [3.63, 3.8) is 0 Å². The fourth-order valence-electron chi connectivity index (χ4n) is 2.33. The first kappa shape index (κ1) is 11.6. The first-order valence-electron chi connectivity index (χ1n) is 6.86. The summed E-state index contributed by atoms with van der Waals surface area (Å²) < 4.78 is 0. The second kappa shape index (κ2) is 4.63. The molecule has 0 aromatic heterocycles. The van der Waals surface area contributed by atoms with Gasteiger partial charge in [-0.15, -0.1) is 0 Å². The maximum Gasteiger partial charge on any atom is 0.227 e. The molecule has 1 aromatic carbocycles. The zero-order chi connectivity index (χ0) is 12.5. The van der Waals surface area contributed by atoms with Gasteiger partial charge in [0.05, 0.1) is 6.42 Å². The van der Waals surface area contributed by atoms with E-state index < -0.39 is 0 Å². The average molecular weight is 244 g/mol. The van der Waals surface area contributed by atoms with Crippen LogP contribution in [0.5, 0.6) is 0 Å². The van der Waals surface area contributed by atoms with Crippen molar-refractivity contribution in [3.8, 4) is 0 Å². The molecule has 3 rings (SSSR count). The molecule has 2 fully saturated rings. The number of benzene rings is 1. The van der Waals surface area contributed by atoms with Gasteiger partial charge in [0.2, 0.25) is 5.91 Å². The minimum atomic E-state index is 0.286. The molecule has 3 nitrogen and oxygen atoms in total. The Morgan fingerprint density at radius 3 is 2.39 bits per heavy atom. The lowest BCUT2D eigenvalue weighted by Gasteiger charge is -2.22. The molecule has 0 saturated heterocycles. The van der Waals surface area contributed by atoms with Crippen molar-refractivity contribution in [1.82, 2.24) is 4.90 Å². The Labute approximate surface area is 108 Å². The molecule has 96 valence electrons. The zero-order valence-corrected chi connectivity index (χ0v) is 10.6. The molecule has 2 saturated carbocycles. The monoisotopic (exact) mass is 244 g/mol. The second-order valence-corrected chi connectivity index (χ2v) is 5.64. The third kappa shape index (κ3) is 2.84. The quantitative estimate of drug-likeness (QED) is 0.807. The van der Waals surface area contributed by atoms with Gasteiger partial charge in [0.15, 0.2) is 0 Å². The van der Waals surface area contributed by atoms with Crippen molar-refractivity contribution < 1.29 is 4.79 Å². The van der Waals surface area contributed by atoms with Gasteiger partial charge in [-0.3, -0.25) is 4.79 Å². The predicted molar refractivity (Wildman–Crippen MR) is 72.0 cm³/mol. The largest absolute Gasteiger partial charge is 0.399 e. The topological polar surface area (TPSA) is 46.3 Å². The lowest BCUT2D eigenvalue weighted by Crippen LogP contribution is -2.36. The van der Waals surface area contributed by atoms with E-state index in [4.69, 9.17) is 5.73 Å². The van der Waals surface area contributed by atoms with Crippen LogP contribution in [-0.2, 0) is 11.2 Å². The molecule has 2 aliphatic rings. The summed E-state index contributed by atoms with van der Waals surface area (Å²) in [6.45, 7) is 0.985. The first-order valence-corrected chi connectivity index (χ1v) is 6.86. The van der Waals surface area contributed by atoms with Gasteiger partial charge in [-0.2, -0.15) is 0 Å². The van der Waals surface area contributed by atoms with Crippen LogP contribution in [0.4, 0.5) is 5.69 Å². The lowest BCUT2D eigenvalue weighted by atomic mass is 10.1. The van der Waals surface area contributed by atoms with E-state index in [1.807, 2.05) is 24.3 Å². The van der Waals surface area contributed by atoms with E-state index in [1.165, 1.54) is 25.7 Å². The Morgan fingerprint density at radius 2 is 1.83 bits per heavy atom. The van der Waals surface area contributed by atoms with Crippen LogP contribution in [0, 0.1) is 5.92 Å². The van der Waals surface area contributed by atoms with Crippen LogP contribution in [0.2, 0.25) is 0 Å². The summed E-state index contributed by atoms with van der Waals surface area (Å²) in [7, 11) is 0. The predicted octanol–water partition coefficient (Wildman–Crippen LogP) is 2.21. The summed E-state index contributed by atoms with van der Waals surface area (Å²) in [5.74, 6) is 1.06. The first-order chi connectivity index (χ1) is 8.72. The molecule has 0 heterocycles. The van der Waals surface area contributed by atoms with Crippen LogP contribution in [0.1, 0.15) is 31.2 Å².